The van der Waals surface area contributed by atoms with Crippen LogP contribution in [0.1, 0.15) is 0 Å². The van der Waals surface area contributed by atoms with Crippen LogP contribution < -0.4 is 10.5 Å². The first-order valence-corrected chi connectivity index (χ1v) is 4.73. The van der Waals surface area contributed by atoms with Gasteiger partial charge in [0.1, 0.15) is 11.3 Å². The van der Waals surface area contributed by atoms with E-state index in [0.717, 1.165) is 16.7 Å². The number of benzene rings is 1. The van der Waals surface area contributed by atoms with Gasteiger partial charge >= 0.3 is 5.76 Å². The van der Waals surface area contributed by atoms with Gasteiger partial charge in [0.15, 0.2) is 5.58 Å². The summed E-state index contributed by atoms with van der Waals surface area (Å²) in [5, 5.41) is 0.789. The molecule has 3 aromatic rings. The Morgan fingerprint density at radius 1 is 1.44 bits per heavy atom. The minimum atomic E-state index is -0.472. The molecular formula is C11H8N2O3. The Kier molecular flexibility index (Phi) is 1.73. The molecule has 0 aliphatic heterocycles. The number of aromatic nitrogens is 2. The first-order valence-electron chi connectivity index (χ1n) is 4.73. The second kappa shape index (κ2) is 3.10. The summed E-state index contributed by atoms with van der Waals surface area (Å²) >= 11 is 0. The Hall–Kier alpha value is -2.30. The fourth-order valence-corrected chi connectivity index (χ4v) is 1.70. The molecule has 0 aliphatic rings. The number of methoxy groups -OCH3 is 1. The van der Waals surface area contributed by atoms with Crippen molar-refractivity contribution in [2.75, 3.05) is 7.11 Å². The van der Waals surface area contributed by atoms with Crippen LogP contribution in [0.5, 0.6) is 5.75 Å². The number of hydrogen-bond acceptors (Lipinski definition) is 4. The van der Waals surface area contributed by atoms with E-state index in [1.54, 1.807) is 25.4 Å². The van der Waals surface area contributed by atoms with E-state index in [9.17, 15) is 4.79 Å². The fraction of sp³-hybridized carbons (Fsp3) is 0.0909. The lowest BCUT2D eigenvalue weighted by atomic mass is 10.2. The van der Waals surface area contributed by atoms with E-state index in [4.69, 9.17) is 9.15 Å². The fourth-order valence-electron chi connectivity index (χ4n) is 1.70. The molecule has 1 N–H and O–H groups in total. The third-order valence-corrected chi connectivity index (χ3v) is 2.46. The van der Waals surface area contributed by atoms with Crippen molar-refractivity contribution in [2.24, 2.45) is 0 Å². The summed E-state index contributed by atoms with van der Waals surface area (Å²) < 4.78 is 10.2. The van der Waals surface area contributed by atoms with Crippen molar-refractivity contribution >= 4 is 22.0 Å². The van der Waals surface area contributed by atoms with E-state index in [1.807, 2.05) is 6.07 Å². The maximum Gasteiger partial charge on any atom is 0.417 e. The van der Waals surface area contributed by atoms with Crippen molar-refractivity contribution in [1.82, 2.24) is 9.97 Å². The number of hydrogen-bond donors (Lipinski definition) is 1. The normalized spacial score (nSPS) is 11.1. The summed E-state index contributed by atoms with van der Waals surface area (Å²) in [6, 6.07) is 5.42. The molecular weight excluding hydrogens is 208 g/mol. The number of pyridine rings is 1. The van der Waals surface area contributed by atoms with Crippen LogP contribution in [0.25, 0.3) is 22.0 Å². The van der Waals surface area contributed by atoms with Crippen LogP contribution >= 0.6 is 0 Å². The number of oxazole rings is 1. The summed E-state index contributed by atoms with van der Waals surface area (Å²) in [6.07, 6.45) is 1.57. The van der Waals surface area contributed by atoms with Gasteiger partial charge in [0.05, 0.1) is 18.8 Å². The molecule has 3 rings (SSSR count). The van der Waals surface area contributed by atoms with Gasteiger partial charge in [-0.2, -0.15) is 0 Å². The molecule has 0 saturated heterocycles. The average Bonchev–Trinajstić information content (AvgIpc) is 2.69. The number of aromatic amines is 1. The highest BCUT2D eigenvalue weighted by molar-refractivity contribution is 6.00. The first kappa shape index (κ1) is 8.96. The molecule has 0 spiro atoms. The van der Waals surface area contributed by atoms with Crippen LogP contribution in [-0.2, 0) is 0 Å². The van der Waals surface area contributed by atoms with Crippen molar-refractivity contribution in [3.8, 4) is 5.75 Å². The molecule has 0 bridgehead atoms. The van der Waals surface area contributed by atoms with Crippen molar-refractivity contribution < 1.29 is 9.15 Å². The Morgan fingerprint density at radius 3 is 3.12 bits per heavy atom. The lowest BCUT2D eigenvalue weighted by molar-refractivity contribution is 0.415. The monoisotopic (exact) mass is 216 g/mol. The smallest absolute Gasteiger partial charge is 0.417 e. The standard InChI is InChI=1S/C11H8N2O3/c1-15-6-2-3-7-8(4-6)12-5-9-10(7)16-11(14)13-9/h2-5H,1H3,(H,13,14). The van der Waals surface area contributed by atoms with Gasteiger partial charge in [0.2, 0.25) is 0 Å². The summed E-state index contributed by atoms with van der Waals surface area (Å²) in [5.74, 6) is 0.248. The van der Waals surface area contributed by atoms with Gasteiger partial charge in [-0.1, -0.05) is 0 Å². The number of ether oxygens (including phenoxy) is 1. The van der Waals surface area contributed by atoms with Crippen LogP contribution in [0.4, 0.5) is 0 Å². The van der Waals surface area contributed by atoms with Crippen molar-refractivity contribution in [3.63, 3.8) is 0 Å². The van der Waals surface area contributed by atoms with Gasteiger partial charge in [0, 0.05) is 11.5 Å². The molecule has 0 radical (unpaired) electrons. The summed E-state index contributed by atoms with van der Waals surface area (Å²) in [7, 11) is 1.59. The van der Waals surface area contributed by atoms with Gasteiger partial charge in [-0.05, 0) is 12.1 Å². The van der Waals surface area contributed by atoms with Gasteiger partial charge in [-0.3, -0.25) is 9.97 Å². The Labute approximate surface area is 89.7 Å². The third-order valence-electron chi connectivity index (χ3n) is 2.46. The first-order chi connectivity index (χ1) is 7.78. The molecule has 80 valence electrons. The van der Waals surface area contributed by atoms with Gasteiger partial charge < -0.3 is 9.15 Å². The molecule has 1 aromatic carbocycles. The van der Waals surface area contributed by atoms with E-state index >= 15 is 0 Å². The number of nitrogens with one attached hydrogen (secondary N) is 1. The van der Waals surface area contributed by atoms with Crippen molar-refractivity contribution in [1.29, 1.82) is 0 Å². The minimum absolute atomic E-state index is 0.472. The van der Waals surface area contributed by atoms with E-state index < -0.39 is 5.76 Å². The van der Waals surface area contributed by atoms with E-state index in [2.05, 4.69) is 9.97 Å². The predicted molar refractivity (Wildman–Crippen MR) is 58.7 cm³/mol. The Balaban J connectivity index is 2.46. The number of fused-ring (bicyclic) bond motifs is 3. The Bertz CT molecular complexity index is 727. The molecule has 5 heteroatoms. The van der Waals surface area contributed by atoms with Crippen molar-refractivity contribution in [2.45, 2.75) is 0 Å². The maximum atomic E-state index is 11.1. The quantitative estimate of drug-likeness (QED) is 0.671. The third kappa shape index (κ3) is 1.18. The Morgan fingerprint density at radius 2 is 2.31 bits per heavy atom. The molecule has 2 aromatic heterocycles. The van der Waals surface area contributed by atoms with E-state index in [1.165, 1.54) is 0 Å². The SMILES string of the molecule is COc1ccc2c(c1)ncc1[nH]c(=O)oc12. The largest absolute Gasteiger partial charge is 0.497 e. The number of nitrogens with zero attached hydrogens (tertiary/aromatic N) is 1. The molecule has 0 saturated carbocycles. The maximum absolute atomic E-state index is 11.1. The van der Waals surface area contributed by atoms with Crippen molar-refractivity contribution in [3.05, 3.63) is 34.9 Å². The van der Waals surface area contributed by atoms with E-state index in [-0.39, 0.29) is 0 Å². The summed E-state index contributed by atoms with van der Waals surface area (Å²) in [4.78, 5) is 17.9. The highest BCUT2D eigenvalue weighted by Crippen LogP contribution is 2.24. The summed E-state index contributed by atoms with van der Waals surface area (Å²) in [5.41, 5.74) is 1.86. The molecule has 0 aliphatic carbocycles. The second-order valence-corrected chi connectivity index (χ2v) is 3.40. The molecule has 2 heterocycles. The molecule has 5 nitrogen and oxygen atoms in total. The van der Waals surface area contributed by atoms with Crippen LogP contribution in [0.15, 0.2) is 33.6 Å². The summed E-state index contributed by atoms with van der Waals surface area (Å²) in [6.45, 7) is 0. The molecule has 16 heavy (non-hydrogen) atoms. The number of H-pyrrole nitrogens is 1. The zero-order valence-electron chi connectivity index (χ0n) is 8.48. The van der Waals surface area contributed by atoms with Crippen LogP contribution in [0.2, 0.25) is 0 Å². The van der Waals surface area contributed by atoms with Crippen LogP contribution in [0, 0.1) is 0 Å². The molecule has 0 amide bonds. The predicted octanol–water partition coefficient (Wildman–Crippen LogP) is 1.68. The topological polar surface area (TPSA) is 68.1 Å². The van der Waals surface area contributed by atoms with Crippen LogP contribution in [0.3, 0.4) is 0 Å². The molecule has 0 fully saturated rings. The average molecular weight is 216 g/mol. The number of rotatable bonds is 1. The van der Waals surface area contributed by atoms with Crippen LogP contribution in [-0.4, -0.2) is 17.1 Å². The zero-order valence-corrected chi connectivity index (χ0v) is 8.48. The molecule has 0 atom stereocenters. The zero-order chi connectivity index (χ0) is 11.1. The van der Waals surface area contributed by atoms with E-state index in [0.29, 0.717) is 11.1 Å². The molecule has 0 unspecified atom stereocenters. The second-order valence-electron chi connectivity index (χ2n) is 3.40. The van der Waals surface area contributed by atoms with Gasteiger partial charge in [-0.25, -0.2) is 4.79 Å². The highest BCUT2D eigenvalue weighted by atomic mass is 16.5. The lowest BCUT2D eigenvalue weighted by Crippen LogP contribution is -1.92. The lowest BCUT2D eigenvalue weighted by Gasteiger charge is -2.01. The minimum Gasteiger partial charge on any atom is -0.497 e. The van der Waals surface area contributed by atoms with Gasteiger partial charge in [-0.15, -0.1) is 0 Å². The van der Waals surface area contributed by atoms with Gasteiger partial charge in [0.25, 0.3) is 0 Å². The highest BCUT2D eigenvalue weighted by Gasteiger charge is 2.07.